The Morgan fingerprint density at radius 1 is 0.211 bits per heavy atom. The lowest BCUT2D eigenvalue weighted by Gasteiger charge is -2.20. The van der Waals surface area contributed by atoms with Gasteiger partial charge in [-0.15, -0.1) is 0 Å². The summed E-state index contributed by atoms with van der Waals surface area (Å²) in [6.45, 7) is 49.1. The van der Waals surface area contributed by atoms with E-state index in [-0.39, 0.29) is 0 Å². The Hall–Kier alpha value is -5.72. The quantitative estimate of drug-likeness (QED) is 0.133. The zero-order valence-corrected chi connectivity index (χ0v) is 50.0. The molecule has 0 heterocycles. The molecule has 0 amide bonds. The Morgan fingerprint density at radius 3 is 0.704 bits per heavy atom. The van der Waals surface area contributed by atoms with Crippen molar-refractivity contribution >= 4 is 21.5 Å². The van der Waals surface area contributed by atoms with Crippen molar-refractivity contribution < 1.29 is 0 Å². The van der Waals surface area contributed by atoms with Gasteiger partial charge in [-0.3, -0.25) is 0 Å². The first-order chi connectivity index (χ1) is 34.5. The standard InChI is InChI=1S/C16H16.C16H14.C15H14.C8H10.8C2H6/c2*1-11-3-7-15-13(9-11)5-6-14-10-12(2)4-8-16(14)15;1-10-3-5-14-12(7-10)9-13-8-11(2)4-6-15(13)14;1-7-3-5-8(2)6-4-7;8*1-2/h3-4,7-10H,5-6H2,1-2H3;3-10H,1-2H3;3-8H,9H2,1-2H3;3-6H,1-2H3;8*1-2H3. The van der Waals surface area contributed by atoms with E-state index in [0.29, 0.717) is 0 Å². The van der Waals surface area contributed by atoms with E-state index in [1.165, 1.54) is 123 Å². The fourth-order valence-electron chi connectivity index (χ4n) is 8.07. The molecule has 0 nitrogen and oxygen atoms in total. The molecule has 0 bridgehead atoms. The maximum Gasteiger partial charge on any atom is -0.00133 e. The van der Waals surface area contributed by atoms with Crippen molar-refractivity contribution in [3.05, 3.63) is 212 Å². The molecular weight excluding hydrogens is 853 g/mol. The van der Waals surface area contributed by atoms with E-state index in [1.54, 1.807) is 0 Å². The summed E-state index contributed by atoms with van der Waals surface area (Å²) in [6.07, 6.45) is 3.48. The van der Waals surface area contributed by atoms with Crippen LogP contribution in [0.5, 0.6) is 0 Å². The minimum atomic E-state index is 1.11. The van der Waals surface area contributed by atoms with Crippen LogP contribution in [-0.2, 0) is 19.3 Å². The summed E-state index contributed by atoms with van der Waals surface area (Å²) >= 11 is 0. The van der Waals surface area contributed by atoms with E-state index in [9.17, 15) is 0 Å². The smallest absolute Gasteiger partial charge is 0.00133 e. The number of hydrogen-bond donors (Lipinski definition) is 0. The van der Waals surface area contributed by atoms with Gasteiger partial charge in [-0.1, -0.05) is 301 Å². The Kier molecular flexibility index (Phi) is 37.0. The molecule has 0 radical (unpaired) electrons. The van der Waals surface area contributed by atoms with Crippen LogP contribution in [0.25, 0.3) is 43.8 Å². The van der Waals surface area contributed by atoms with Crippen molar-refractivity contribution in [1.29, 1.82) is 0 Å². The van der Waals surface area contributed by atoms with E-state index in [1.807, 2.05) is 111 Å². The van der Waals surface area contributed by atoms with E-state index < -0.39 is 0 Å². The number of rotatable bonds is 0. The van der Waals surface area contributed by atoms with E-state index in [2.05, 4.69) is 201 Å². The Morgan fingerprint density at radius 2 is 0.423 bits per heavy atom. The molecule has 8 aromatic rings. The summed E-state index contributed by atoms with van der Waals surface area (Å²) in [7, 11) is 0. The molecule has 0 saturated heterocycles. The molecule has 8 aromatic carbocycles. The van der Waals surface area contributed by atoms with Crippen LogP contribution >= 0.6 is 0 Å². The molecule has 2 aliphatic carbocycles. The van der Waals surface area contributed by atoms with Gasteiger partial charge in [0.1, 0.15) is 0 Å². The van der Waals surface area contributed by atoms with Gasteiger partial charge in [0.05, 0.1) is 0 Å². The highest BCUT2D eigenvalue weighted by molar-refractivity contribution is 6.07. The third-order valence-corrected chi connectivity index (χ3v) is 11.0. The molecule has 0 N–H and O–H groups in total. The predicted octanol–water partition coefficient (Wildman–Crippen LogP) is 23.1. The molecule has 2 aliphatic rings. The van der Waals surface area contributed by atoms with Crippen molar-refractivity contribution in [2.45, 2.75) is 185 Å². The Bertz CT molecular complexity index is 2450. The van der Waals surface area contributed by atoms with Crippen LogP contribution in [0.1, 0.15) is 178 Å². The molecule has 10 rings (SSSR count). The van der Waals surface area contributed by atoms with E-state index in [4.69, 9.17) is 0 Å². The Labute approximate surface area is 439 Å². The van der Waals surface area contributed by atoms with Gasteiger partial charge in [0.2, 0.25) is 0 Å². The second kappa shape index (κ2) is 39.0. The largest absolute Gasteiger partial charge is 0.0683 e. The summed E-state index contributed by atoms with van der Waals surface area (Å²) in [5.74, 6) is 0. The van der Waals surface area contributed by atoms with Gasteiger partial charge in [-0.2, -0.15) is 0 Å². The van der Waals surface area contributed by atoms with Crippen LogP contribution in [0.3, 0.4) is 0 Å². The topological polar surface area (TPSA) is 0 Å². The molecule has 0 aliphatic heterocycles. The van der Waals surface area contributed by atoms with Gasteiger partial charge >= 0.3 is 0 Å². The van der Waals surface area contributed by atoms with E-state index >= 15 is 0 Å². The van der Waals surface area contributed by atoms with Crippen LogP contribution in [0.15, 0.2) is 146 Å². The van der Waals surface area contributed by atoms with Gasteiger partial charge in [0.25, 0.3) is 0 Å². The third kappa shape index (κ3) is 21.3. The van der Waals surface area contributed by atoms with E-state index in [0.717, 1.165) is 6.42 Å². The average Bonchev–Trinajstić information content (AvgIpc) is 3.78. The van der Waals surface area contributed by atoms with Crippen LogP contribution in [0.2, 0.25) is 0 Å². The zero-order chi connectivity index (χ0) is 54.6. The first-order valence-electron chi connectivity index (χ1n) is 27.8. The molecule has 0 fully saturated rings. The zero-order valence-electron chi connectivity index (χ0n) is 50.0. The lowest BCUT2D eigenvalue weighted by molar-refractivity contribution is 0.937. The van der Waals surface area contributed by atoms with Crippen molar-refractivity contribution in [2.75, 3.05) is 0 Å². The predicted molar refractivity (Wildman–Crippen MR) is 331 cm³/mol. The number of hydrogen-bond acceptors (Lipinski definition) is 0. The summed E-state index contributed by atoms with van der Waals surface area (Å²) < 4.78 is 0. The highest BCUT2D eigenvalue weighted by atomic mass is 14.2. The number of aryl methyl sites for hydroxylation is 10. The van der Waals surface area contributed by atoms with Crippen LogP contribution in [0.4, 0.5) is 0 Å². The second-order valence-electron chi connectivity index (χ2n) is 16.0. The lowest BCUT2D eigenvalue weighted by Crippen LogP contribution is -2.04. The first kappa shape index (κ1) is 67.4. The normalized spacial score (nSPS) is 9.80. The highest BCUT2D eigenvalue weighted by Crippen LogP contribution is 2.37. The van der Waals surface area contributed by atoms with Crippen molar-refractivity contribution in [3.63, 3.8) is 0 Å². The molecule has 0 heteroatoms. The molecule has 0 atom stereocenters. The molecule has 0 spiro atoms. The maximum absolute atomic E-state index is 2.33. The molecule has 0 saturated carbocycles. The summed E-state index contributed by atoms with van der Waals surface area (Å²) in [6, 6.07) is 53.4. The average molecular weight is 956 g/mol. The van der Waals surface area contributed by atoms with Gasteiger partial charge in [0.15, 0.2) is 0 Å². The van der Waals surface area contributed by atoms with Crippen LogP contribution in [-0.4, -0.2) is 0 Å². The fourth-order valence-corrected chi connectivity index (χ4v) is 8.07. The molecule has 0 aromatic heterocycles. The lowest BCUT2D eigenvalue weighted by atomic mass is 9.84. The third-order valence-electron chi connectivity index (χ3n) is 11.0. The maximum atomic E-state index is 2.33. The van der Waals surface area contributed by atoms with Crippen molar-refractivity contribution in [2.24, 2.45) is 0 Å². The van der Waals surface area contributed by atoms with Gasteiger partial charge < -0.3 is 0 Å². The van der Waals surface area contributed by atoms with Gasteiger partial charge in [-0.05, 0) is 141 Å². The minimum absolute atomic E-state index is 1.11. The highest BCUT2D eigenvalue weighted by Gasteiger charge is 2.18. The molecule has 0 unspecified atom stereocenters. The second-order valence-corrected chi connectivity index (χ2v) is 16.0. The molecule has 71 heavy (non-hydrogen) atoms. The first-order valence-corrected chi connectivity index (χ1v) is 27.8. The number of fused-ring (bicyclic) bond motifs is 9. The Balaban J connectivity index is 0. The van der Waals surface area contributed by atoms with Gasteiger partial charge in [0, 0.05) is 0 Å². The van der Waals surface area contributed by atoms with Crippen LogP contribution < -0.4 is 0 Å². The summed E-state index contributed by atoms with van der Waals surface area (Å²) in [4.78, 5) is 0. The summed E-state index contributed by atoms with van der Waals surface area (Å²) in [5, 5.41) is 5.36. The molecular formula is C71H102. The SMILES string of the molecule is CC.CC.CC.CC.CC.CC.CC.CC.Cc1ccc(C)cc1.Cc1ccc2c(c1)CCc1cc(C)ccc1-2.Cc1ccc2c(c1)Cc1cc(C)ccc1-2.Cc1ccc2c(ccc3cc(C)ccc32)c1. The van der Waals surface area contributed by atoms with Gasteiger partial charge in [-0.25, -0.2) is 0 Å². The number of benzene rings is 8. The monoisotopic (exact) mass is 955 g/mol. The van der Waals surface area contributed by atoms with Crippen LogP contribution in [0, 0.1) is 55.4 Å². The minimum Gasteiger partial charge on any atom is -0.0683 e. The molecule has 386 valence electrons. The summed E-state index contributed by atoms with van der Waals surface area (Å²) in [5.41, 5.74) is 22.5. The fraction of sp³-hybridized carbons (Fsp3) is 0.380. The van der Waals surface area contributed by atoms with Crippen molar-refractivity contribution in [3.8, 4) is 22.3 Å². The van der Waals surface area contributed by atoms with Crippen molar-refractivity contribution in [1.82, 2.24) is 0 Å².